The van der Waals surface area contributed by atoms with Gasteiger partial charge in [-0.25, -0.2) is 0 Å². The standard InChI is InChI=1S/C20H21N3O3/c1-23-17(12-15-4-2-3-5-18(15)23)13-22-16-8-6-14(7-9-16)20(26)21-11-10-19(24)25/h2-9,12,22H,10-11,13H2,1H3,(H,21,26)(H,24,25). The van der Waals surface area contributed by atoms with Crippen LogP contribution >= 0.6 is 0 Å². The van der Waals surface area contributed by atoms with Gasteiger partial charge in [-0.15, -0.1) is 0 Å². The number of benzene rings is 2. The fourth-order valence-electron chi connectivity index (χ4n) is 2.83. The minimum absolute atomic E-state index is 0.0869. The van der Waals surface area contributed by atoms with Gasteiger partial charge in [0.2, 0.25) is 0 Å². The van der Waals surface area contributed by atoms with Crippen molar-refractivity contribution in [2.45, 2.75) is 13.0 Å². The number of aromatic nitrogens is 1. The van der Waals surface area contributed by atoms with Gasteiger partial charge in [0, 0.05) is 36.1 Å². The Kier molecular flexibility index (Phi) is 5.22. The van der Waals surface area contributed by atoms with Crippen molar-refractivity contribution >= 4 is 28.5 Å². The molecule has 0 radical (unpaired) electrons. The van der Waals surface area contributed by atoms with Crippen LogP contribution < -0.4 is 10.6 Å². The van der Waals surface area contributed by atoms with Crippen LogP contribution in [0.3, 0.4) is 0 Å². The molecule has 0 aliphatic carbocycles. The summed E-state index contributed by atoms with van der Waals surface area (Å²) in [6.45, 7) is 0.796. The number of fused-ring (bicyclic) bond motifs is 1. The molecule has 0 aliphatic heterocycles. The van der Waals surface area contributed by atoms with Crippen molar-refractivity contribution in [1.82, 2.24) is 9.88 Å². The molecular weight excluding hydrogens is 330 g/mol. The molecule has 0 saturated heterocycles. The summed E-state index contributed by atoms with van der Waals surface area (Å²) in [5.74, 6) is -1.20. The van der Waals surface area contributed by atoms with Crippen LogP contribution in [-0.4, -0.2) is 28.1 Å². The summed E-state index contributed by atoms with van der Waals surface area (Å²) in [4.78, 5) is 22.4. The summed E-state index contributed by atoms with van der Waals surface area (Å²) in [5.41, 5.74) is 3.78. The van der Waals surface area contributed by atoms with E-state index in [1.807, 2.05) is 31.3 Å². The number of hydrogen-bond acceptors (Lipinski definition) is 3. The van der Waals surface area contributed by atoms with Crippen LogP contribution in [0.4, 0.5) is 5.69 Å². The lowest BCUT2D eigenvalue weighted by Crippen LogP contribution is -2.25. The SMILES string of the molecule is Cn1c(CNc2ccc(C(=O)NCCC(=O)O)cc2)cc2ccccc21. The molecule has 0 spiro atoms. The van der Waals surface area contributed by atoms with Gasteiger partial charge >= 0.3 is 5.97 Å². The fourth-order valence-corrected chi connectivity index (χ4v) is 2.83. The van der Waals surface area contributed by atoms with Crippen molar-refractivity contribution in [3.05, 3.63) is 65.9 Å². The number of aliphatic carboxylic acids is 1. The molecular formula is C20H21N3O3. The molecule has 3 N–H and O–H groups in total. The molecule has 0 atom stereocenters. The van der Waals surface area contributed by atoms with Crippen LogP contribution in [0.2, 0.25) is 0 Å². The van der Waals surface area contributed by atoms with Crippen LogP contribution in [0.1, 0.15) is 22.5 Å². The maximum atomic E-state index is 11.9. The molecule has 0 fully saturated rings. The topological polar surface area (TPSA) is 83.4 Å². The predicted octanol–water partition coefficient (Wildman–Crippen LogP) is 2.99. The molecule has 2 aromatic carbocycles. The summed E-state index contributed by atoms with van der Waals surface area (Å²) in [6, 6.07) is 17.5. The first-order valence-electron chi connectivity index (χ1n) is 8.42. The zero-order valence-corrected chi connectivity index (χ0v) is 14.5. The van der Waals surface area contributed by atoms with Gasteiger partial charge in [-0.3, -0.25) is 9.59 Å². The number of rotatable bonds is 7. The number of aryl methyl sites for hydroxylation is 1. The zero-order chi connectivity index (χ0) is 18.5. The lowest BCUT2D eigenvalue weighted by atomic mass is 10.2. The number of carbonyl (C=O) groups is 2. The third-order valence-electron chi connectivity index (χ3n) is 4.30. The Bertz CT molecular complexity index is 929. The highest BCUT2D eigenvalue weighted by Crippen LogP contribution is 2.19. The van der Waals surface area contributed by atoms with Crippen molar-refractivity contribution in [3.8, 4) is 0 Å². The maximum Gasteiger partial charge on any atom is 0.305 e. The third-order valence-corrected chi connectivity index (χ3v) is 4.30. The Balaban J connectivity index is 1.59. The van der Waals surface area contributed by atoms with E-state index in [2.05, 4.69) is 33.4 Å². The second-order valence-electron chi connectivity index (χ2n) is 6.08. The minimum atomic E-state index is -0.932. The quantitative estimate of drug-likeness (QED) is 0.611. The van der Waals surface area contributed by atoms with Crippen LogP contribution in [-0.2, 0) is 18.4 Å². The monoisotopic (exact) mass is 351 g/mol. The first-order valence-corrected chi connectivity index (χ1v) is 8.42. The van der Waals surface area contributed by atoms with Gasteiger partial charge in [0.25, 0.3) is 5.91 Å². The van der Waals surface area contributed by atoms with E-state index in [0.29, 0.717) is 12.1 Å². The van der Waals surface area contributed by atoms with Crippen molar-refractivity contribution in [2.75, 3.05) is 11.9 Å². The molecule has 0 saturated carbocycles. The van der Waals surface area contributed by atoms with Crippen LogP contribution in [0.15, 0.2) is 54.6 Å². The third kappa shape index (κ3) is 4.03. The summed E-state index contributed by atoms with van der Waals surface area (Å²) < 4.78 is 2.16. The van der Waals surface area contributed by atoms with E-state index in [-0.39, 0.29) is 18.9 Å². The average molecular weight is 351 g/mol. The second-order valence-corrected chi connectivity index (χ2v) is 6.08. The highest BCUT2D eigenvalue weighted by Gasteiger charge is 2.07. The van der Waals surface area contributed by atoms with E-state index < -0.39 is 5.97 Å². The summed E-state index contributed by atoms with van der Waals surface area (Å²) in [5, 5.41) is 15.7. The molecule has 3 aromatic rings. The first kappa shape index (κ1) is 17.5. The van der Waals surface area contributed by atoms with E-state index in [4.69, 9.17) is 5.11 Å². The smallest absolute Gasteiger partial charge is 0.305 e. The number of para-hydroxylation sites is 1. The number of anilines is 1. The molecule has 6 heteroatoms. The largest absolute Gasteiger partial charge is 0.481 e. The first-order chi connectivity index (χ1) is 12.5. The van der Waals surface area contributed by atoms with Gasteiger partial charge in [-0.1, -0.05) is 18.2 Å². The summed E-state index contributed by atoms with van der Waals surface area (Å²) in [6.07, 6.45) is -0.0869. The molecule has 1 amide bonds. The highest BCUT2D eigenvalue weighted by molar-refractivity contribution is 5.94. The molecule has 0 unspecified atom stereocenters. The minimum Gasteiger partial charge on any atom is -0.481 e. The van der Waals surface area contributed by atoms with Crippen molar-refractivity contribution < 1.29 is 14.7 Å². The number of carboxylic acid groups (broad SMARTS) is 1. The number of nitrogens with zero attached hydrogens (tertiary/aromatic N) is 1. The fraction of sp³-hybridized carbons (Fsp3) is 0.200. The number of carboxylic acids is 1. The van der Waals surface area contributed by atoms with Gasteiger partial charge in [-0.05, 0) is 41.8 Å². The highest BCUT2D eigenvalue weighted by atomic mass is 16.4. The predicted molar refractivity (Wildman–Crippen MR) is 101 cm³/mol. The van der Waals surface area contributed by atoms with E-state index in [9.17, 15) is 9.59 Å². The molecule has 134 valence electrons. The van der Waals surface area contributed by atoms with Crippen molar-refractivity contribution in [3.63, 3.8) is 0 Å². The lowest BCUT2D eigenvalue weighted by Gasteiger charge is -2.09. The Hall–Kier alpha value is -3.28. The number of amides is 1. The van der Waals surface area contributed by atoms with E-state index >= 15 is 0 Å². The molecule has 1 aromatic heterocycles. The van der Waals surface area contributed by atoms with E-state index in [0.717, 1.165) is 5.69 Å². The number of hydrogen-bond donors (Lipinski definition) is 3. The van der Waals surface area contributed by atoms with Crippen molar-refractivity contribution in [2.24, 2.45) is 7.05 Å². The summed E-state index contributed by atoms with van der Waals surface area (Å²) in [7, 11) is 2.05. The van der Waals surface area contributed by atoms with Crippen molar-refractivity contribution in [1.29, 1.82) is 0 Å². The number of carbonyl (C=O) groups excluding carboxylic acids is 1. The normalized spacial score (nSPS) is 10.7. The van der Waals surface area contributed by atoms with Crippen LogP contribution in [0.5, 0.6) is 0 Å². The number of nitrogens with one attached hydrogen (secondary N) is 2. The van der Waals surface area contributed by atoms with Gasteiger partial charge in [-0.2, -0.15) is 0 Å². The molecule has 3 rings (SSSR count). The van der Waals surface area contributed by atoms with E-state index in [1.54, 1.807) is 12.1 Å². The van der Waals surface area contributed by atoms with Gasteiger partial charge < -0.3 is 20.3 Å². The Morgan fingerprint density at radius 3 is 2.50 bits per heavy atom. The maximum absolute atomic E-state index is 11.9. The molecule has 6 nitrogen and oxygen atoms in total. The Labute approximate surface area is 151 Å². The molecule has 1 heterocycles. The Morgan fingerprint density at radius 1 is 1.08 bits per heavy atom. The molecule has 0 bridgehead atoms. The van der Waals surface area contributed by atoms with Crippen LogP contribution in [0.25, 0.3) is 10.9 Å². The Morgan fingerprint density at radius 2 is 1.81 bits per heavy atom. The molecule has 0 aliphatic rings. The van der Waals surface area contributed by atoms with E-state index in [1.165, 1.54) is 16.6 Å². The average Bonchev–Trinajstić information content (AvgIpc) is 2.96. The van der Waals surface area contributed by atoms with Gasteiger partial charge in [0.05, 0.1) is 13.0 Å². The van der Waals surface area contributed by atoms with Crippen LogP contribution in [0, 0.1) is 0 Å². The lowest BCUT2D eigenvalue weighted by molar-refractivity contribution is -0.136. The summed E-state index contributed by atoms with van der Waals surface area (Å²) >= 11 is 0. The van der Waals surface area contributed by atoms with Gasteiger partial charge in [0.15, 0.2) is 0 Å². The second kappa shape index (κ2) is 7.74. The molecule has 26 heavy (non-hydrogen) atoms. The van der Waals surface area contributed by atoms with Gasteiger partial charge in [0.1, 0.15) is 0 Å². The zero-order valence-electron chi connectivity index (χ0n) is 14.5.